The van der Waals surface area contributed by atoms with E-state index in [0.717, 1.165) is 0 Å². The van der Waals surface area contributed by atoms with Crippen molar-refractivity contribution in [1.29, 1.82) is 0 Å². The number of rotatable bonds is 2. The maximum atomic E-state index is 11.9. The SMILES string of the molecule is Nc1ccsc1C(=O)Nc1cc(Cl)cc(Cl)c1. The van der Waals surface area contributed by atoms with Crippen molar-refractivity contribution in [3.8, 4) is 0 Å². The number of benzene rings is 1. The minimum atomic E-state index is -0.268. The highest BCUT2D eigenvalue weighted by molar-refractivity contribution is 7.12. The van der Waals surface area contributed by atoms with E-state index < -0.39 is 0 Å². The van der Waals surface area contributed by atoms with Crippen LogP contribution in [-0.4, -0.2) is 5.91 Å². The standard InChI is InChI=1S/C11H8Cl2N2OS/c12-6-3-7(13)5-8(4-6)15-11(16)10-9(14)1-2-17-10/h1-5H,14H2,(H,15,16). The molecule has 1 amide bonds. The summed E-state index contributed by atoms with van der Waals surface area (Å²) in [6.45, 7) is 0. The Morgan fingerprint density at radius 2 is 1.88 bits per heavy atom. The van der Waals surface area contributed by atoms with Gasteiger partial charge in [-0.3, -0.25) is 4.79 Å². The van der Waals surface area contributed by atoms with Gasteiger partial charge in [-0.05, 0) is 29.6 Å². The van der Waals surface area contributed by atoms with Crippen LogP contribution in [0.2, 0.25) is 10.0 Å². The summed E-state index contributed by atoms with van der Waals surface area (Å²) in [4.78, 5) is 12.3. The van der Waals surface area contributed by atoms with Crippen molar-refractivity contribution in [2.24, 2.45) is 0 Å². The predicted octanol–water partition coefficient (Wildman–Crippen LogP) is 3.89. The summed E-state index contributed by atoms with van der Waals surface area (Å²) in [5.41, 5.74) is 6.65. The first-order valence-electron chi connectivity index (χ1n) is 4.66. The molecule has 0 spiro atoms. The second kappa shape index (κ2) is 4.96. The van der Waals surface area contributed by atoms with E-state index >= 15 is 0 Å². The number of anilines is 2. The Morgan fingerprint density at radius 3 is 2.41 bits per heavy atom. The van der Waals surface area contributed by atoms with Crippen molar-refractivity contribution in [2.45, 2.75) is 0 Å². The van der Waals surface area contributed by atoms with Crippen LogP contribution in [0.4, 0.5) is 11.4 Å². The van der Waals surface area contributed by atoms with Gasteiger partial charge < -0.3 is 11.1 Å². The first kappa shape index (κ1) is 12.2. The molecule has 0 saturated carbocycles. The van der Waals surface area contributed by atoms with Crippen LogP contribution in [0.1, 0.15) is 9.67 Å². The monoisotopic (exact) mass is 286 g/mol. The molecule has 6 heteroatoms. The van der Waals surface area contributed by atoms with Gasteiger partial charge >= 0.3 is 0 Å². The zero-order valence-corrected chi connectivity index (χ0v) is 10.9. The van der Waals surface area contributed by atoms with E-state index in [1.54, 1.807) is 29.6 Å². The van der Waals surface area contributed by atoms with Crippen LogP contribution in [0.25, 0.3) is 0 Å². The van der Waals surface area contributed by atoms with E-state index in [0.29, 0.717) is 26.3 Å². The lowest BCUT2D eigenvalue weighted by molar-refractivity contribution is 0.103. The van der Waals surface area contributed by atoms with Crippen molar-refractivity contribution < 1.29 is 4.79 Å². The fourth-order valence-electron chi connectivity index (χ4n) is 1.32. The van der Waals surface area contributed by atoms with Gasteiger partial charge in [0, 0.05) is 15.7 Å². The molecule has 0 saturated heterocycles. The van der Waals surface area contributed by atoms with Crippen LogP contribution in [0, 0.1) is 0 Å². The van der Waals surface area contributed by atoms with Crippen molar-refractivity contribution in [2.75, 3.05) is 11.1 Å². The van der Waals surface area contributed by atoms with Gasteiger partial charge in [-0.1, -0.05) is 23.2 Å². The molecule has 0 fully saturated rings. The topological polar surface area (TPSA) is 55.1 Å². The number of nitrogens with one attached hydrogen (secondary N) is 1. The number of amides is 1. The maximum absolute atomic E-state index is 11.9. The Balaban J connectivity index is 2.21. The molecule has 0 aliphatic heterocycles. The summed E-state index contributed by atoms with van der Waals surface area (Å²) >= 11 is 12.9. The summed E-state index contributed by atoms with van der Waals surface area (Å²) in [5.74, 6) is -0.268. The summed E-state index contributed by atoms with van der Waals surface area (Å²) in [6.07, 6.45) is 0. The molecule has 2 aromatic rings. The van der Waals surface area contributed by atoms with Crippen molar-refractivity contribution in [1.82, 2.24) is 0 Å². The first-order chi connectivity index (χ1) is 8.06. The maximum Gasteiger partial charge on any atom is 0.267 e. The second-order valence-electron chi connectivity index (χ2n) is 3.32. The molecule has 3 nitrogen and oxygen atoms in total. The molecule has 0 aliphatic rings. The van der Waals surface area contributed by atoms with E-state index in [1.165, 1.54) is 11.3 Å². The van der Waals surface area contributed by atoms with Gasteiger partial charge in [-0.15, -0.1) is 11.3 Å². The van der Waals surface area contributed by atoms with Crippen LogP contribution in [0.15, 0.2) is 29.6 Å². The van der Waals surface area contributed by atoms with Crippen LogP contribution in [0.5, 0.6) is 0 Å². The lowest BCUT2D eigenvalue weighted by atomic mass is 10.3. The Kier molecular flexibility index (Phi) is 3.57. The number of carbonyl (C=O) groups is 1. The van der Waals surface area contributed by atoms with E-state index in [9.17, 15) is 4.79 Å². The van der Waals surface area contributed by atoms with E-state index in [1.807, 2.05) is 0 Å². The quantitative estimate of drug-likeness (QED) is 0.880. The number of hydrogen-bond acceptors (Lipinski definition) is 3. The van der Waals surface area contributed by atoms with Gasteiger partial charge in [0.05, 0.1) is 5.69 Å². The van der Waals surface area contributed by atoms with Crippen LogP contribution in [-0.2, 0) is 0 Å². The number of carbonyl (C=O) groups excluding carboxylic acids is 1. The highest BCUT2D eigenvalue weighted by Gasteiger charge is 2.11. The van der Waals surface area contributed by atoms with Crippen LogP contribution < -0.4 is 11.1 Å². The molecule has 0 unspecified atom stereocenters. The van der Waals surface area contributed by atoms with Crippen LogP contribution in [0.3, 0.4) is 0 Å². The highest BCUT2D eigenvalue weighted by Crippen LogP contribution is 2.25. The number of halogens is 2. The minimum Gasteiger partial charge on any atom is -0.397 e. The number of hydrogen-bond donors (Lipinski definition) is 2. The number of thiophene rings is 1. The molecular formula is C11H8Cl2N2OS. The Hall–Kier alpha value is -1.23. The van der Waals surface area contributed by atoms with E-state index in [4.69, 9.17) is 28.9 Å². The van der Waals surface area contributed by atoms with Crippen molar-refractivity contribution >= 4 is 51.8 Å². The average molecular weight is 287 g/mol. The van der Waals surface area contributed by atoms with E-state index in [-0.39, 0.29) is 5.91 Å². The summed E-state index contributed by atoms with van der Waals surface area (Å²) < 4.78 is 0. The molecule has 88 valence electrons. The Bertz CT molecular complexity index is 548. The van der Waals surface area contributed by atoms with Gasteiger partial charge in [-0.25, -0.2) is 0 Å². The second-order valence-corrected chi connectivity index (χ2v) is 5.11. The third-order valence-electron chi connectivity index (χ3n) is 2.02. The van der Waals surface area contributed by atoms with Crippen molar-refractivity contribution in [3.05, 3.63) is 44.6 Å². The lowest BCUT2D eigenvalue weighted by Crippen LogP contribution is -2.11. The fraction of sp³-hybridized carbons (Fsp3) is 0. The third kappa shape index (κ3) is 2.91. The summed E-state index contributed by atoms with van der Waals surface area (Å²) in [6, 6.07) is 6.52. The number of nitrogens with two attached hydrogens (primary N) is 1. The molecule has 0 aliphatic carbocycles. The van der Waals surface area contributed by atoms with Crippen LogP contribution >= 0.6 is 34.5 Å². The van der Waals surface area contributed by atoms with Crippen molar-refractivity contribution in [3.63, 3.8) is 0 Å². The molecule has 1 aromatic carbocycles. The molecule has 0 bridgehead atoms. The summed E-state index contributed by atoms with van der Waals surface area (Å²) in [7, 11) is 0. The van der Waals surface area contributed by atoms with Gasteiger partial charge in [-0.2, -0.15) is 0 Å². The average Bonchev–Trinajstić information content (AvgIpc) is 2.62. The van der Waals surface area contributed by atoms with E-state index in [2.05, 4.69) is 5.32 Å². The molecule has 2 rings (SSSR count). The Labute approximate surface area is 112 Å². The smallest absolute Gasteiger partial charge is 0.267 e. The highest BCUT2D eigenvalue weighted by atomic mass is 35.5. The molecule has 1 heterocycles. The minimum absolute atomic E-state index is 0.268. The molecule has 0 atom stereocenters. The Morgan fingerprint density at radius 1 is 1.24 bits per heavy atom. The molecule has 1 aromatic heterocycles. The fourth-order valence-corrected chi connectivity index (χ4v) is 2.56. The van der Waals surface area contributed by atoms with Gasteiger partial charge in [0.25, 0.3) is 5.91 Å². The largest absolute Gasteiger partial charge is 0.397 e. The first-order valence-corrected chi connectivity index (χ1v) is 6.30. The molecular weight excluding hydrogens is 279 g/mol. The summed E-state index contributed by atoms with van der Waals surface area (Å²) in [5, 5.41) is 5.38. The third-order valence-corrected chi connectivity index (χ3v) is 3.39. The molecule has 17 heavy (non-hydrogen) atoms. The van der Waals surface area contributed by atoms with Gasteiger partial charge in [0.2, 0.25) is 0 Å². The van der Waals surface area contributed by atoms with Gasteiger partial charge in [0.1, 0.15) is 4.88 Å². The lowest BCUT2D eigenvalue weighted by Gasteiger charge is -2.05. The zero-order chi connectivity index (χ0) is 12.4. The normalized spacial score (nSPS) is 10.2. The number of nitrogen functional groups attached to an aromatic ring is 1. The molecule has 3 N–H and O–H groups in total. The molecule has 0 radical (unpaired) electrons. The zero-order valence-electron chi connectivity index (χ0n) is 8.54. The van der Waals surface area contributed by atoms with Gasteiger partial charge in [0.15, 0.2) is 0 Å². The predicted molar refractivity (Wildman–Crippen MR) is 73.1 cm³/mol.